The maximum atomic E-state index is 10.8. The summed E-state index contributed by atoms with van der Waals surface area (Å²) in [5.74, 6) is -1.06. The van der Waals surface area contributed by atoms with Crippen molar-refractivity contribution in [1.29, 1.82) is 0 Å². The van der Waals surface area contributed by atoms with Gasteiger partial charge in [0.1, 0.15) is 6.26 Å². The molecule has 2 unspecified atom stereocenters. The lowest BCUT2D eigenvalue weighted by molar-refractivity contribution is -0.0106. The zero-order valence-electron chi connectivity index (χ0n) is 10.0. The first-order chi connectivity index (χ1) is 8.75. The monoisotopic (exact) mass is 252 g/mol. The number of oxazole rings is 1. The van der Waals surface area contributed by atoms with E-state index in [0.717, 1.165) is 12.8 Å². The molecule has 1 aromatic rings. The number of aromatic carboxylic acids is 1. The van der Waals surface area contributed by atoms with Gasteiger partial charge in [-0.25, -0.2) is 4.79 Å². The summed E-state index contributed by atoms with van der Waals surface area (Å²) in [6.45, 7) is 1.35. The third-order valence-corrected chi connectivity index (χ3v) is 3.69. The van der Waals surface area contributed by atoms with Crippen molar-refractivity contribution in [3.05, 3.63) is 12.0 Å². The quantitative estimate of drug-likeness (QED) is 0.860. The van der Waals surface area contributed by atoms with Crippen LogP contribution in [0.5, 0.6) is 0 Å². The number of fused-ring (bicyclic) bond motifs is 1. The minimum absolute atomic E-state index is 0.0381. The van der Waals surface area contributed by atoms with Crippen LogP contribution in [0.15, 0.2) is 10.7 Å². The van der Waals surface area contributed by atoms with Gasteiger partial charge in [-0.3, -0.25) is 0 Å². The minimum Gasteiger partial charge on any atom is -0.476 e. The number of carbonyl (C=O) groups is 1. The van der Waals surface area contributed by atoms with Gasteiger partial charge in [0.2, 0.25) is 0 Å². The first-order valence-electron chi connectivity index (χ1n) is 6.33. The number of anilines is 1. The molecule has 1 saturated heterocycles. The molecule has 1 N–H and O–H groups in total. The van der Waals surface area contributed by atoms with Crippen molar-refractivity contribution in [2.45, 2.75) is 37.8 Å². The summed E-state index contributed by atoms with van der Waals surface area (Å²) in [4.78, 5) is 16.9. The van der Waals surface area contributed by atoms with Gasteiger partial charge in [-0.1, -0.05) is 12.8 Å². The van der Waals surface area contributed by atoms with Gasteiger partial charge < -0.3 is 19.2 Å². The SMILES string of the molecule is O=C(O)c1coc(N2CCOC3CCCCC32)n1. The van der Waals surface area contributed by atoms with E-state index in [-0.39, 0.29) is 17.8 Å². The molecule has 0 amide bonds. The molecule has 2 fully saturated rings. The summed E-state index contributed by atoms with van der Waals surface area (Å²) in [7, 11) is 0. The molecule has 1 aromatic heterocycles. The summed E-state index contributed by atoms with van der Waals surface area (Å²) in [6.07, 6.45) is 5.91. The van der Waals surface area contributed by atoms with Crippen LogP contribution >= 0.6 is 0 Å². The molecule has 0 bridgehead atoms. The van der Waals surface area contributed by atoms with Crippen LogP contribution in [-0.4, -0.2) is 41.4 Å². The molecule has 1 saturated carbocycles. The highest BCUT2D eigenvalue weighted by atomic mass is 16.5. The van der Waals surface area contributed by atoms with Crippen LogP contribution in [0.25, 0.3) is 0 Å². The summed E-state index contributed by atoms with van der Waals surface area (Å²) >= 11 is 0. The summed E-state index contributed by atoms with van der Waals surface area (Å²) in [5, 5.41) is 8.86. The smallest absolute Gasteiger partial charge is 0.357 e. The lowest BCUT2D eigenvalue weighted by Crippen LogP contribution is -2.53. The highest BCUT2D eigenvalue weighted by Crippen LogP contribution is 2.31. The minimum atomic E-state index is -1.06. The second-order valence-corrected chi connectivity index (χ2v) is 4.77. The molecule has 0 aromatic carbocycles. The Kier molecular flexibility index (Phi) is 2.95. The van der Waals surface area contributed by atoms with E-state index in [9.17, 15) is 4.79 Å². The van der Waals surface area contributed by atoms with Crippen LogP contribution in [0.2, 0.25) is 0 Å². The molecule has 3 rings (SSSR count). The Morgan fingerprint density at radius 1 is 1.44 bits per heavy atom. The number of carboxylic acids is 1. The number of hydrogen-bond acceptors (Lipinski definition) is 5. The number of carboxylic acid groups (broad SMARTS) is 1. The van der Waals surface area contributed by atoms with E-state index >= 15 is 0 Å². The van der Waals surface area contributed by atoms with E-state index in [1.54, 1.807) is 0 Å². The van der Waals surface area contributed by atoms with Crippen molar-refractivity contribution in [1.82, 2.24) is 4.98 Å². The van der Waals surface area contributed by atoms with E-state index in [1.165, 1.54) is 19.1 Å². The molecule has 2 aliphatic rings. The van der Waals surface area contributed by atoms with Gasteiger partial charge in [-0.2, -0.15) is 4.98 Å². The van der Waals surface area contributed by atoms with Crippen molar-refractivity contribution >= 4 is 12.0 Å². The molecular weight excluding hydrogens is 236 g/mol. The molecule has 6 nitrogen and oxygen atoms in total. The van der Waals surface area contributed by atoms with E-state index in [1.807, 2.05) is 0 Å². The molecule has 18 heavy (non-hydrogen) atoms. The third kappa shape index (κ3) is 1.96. The van der Waals surface area contributed by atoms with E-state index in [2.05, 4.69) is 9.88 Å². The largest absolute Gasteiger partial charge is 0.476 e. The Bertz CT molecular complexity index is 443. The van der Waals surface area contributed by atoms with Gasteiger partial charge in [0, 0.05) is 6.54 Å². The van der Waals surface area contributed by atoms with E-state index < -0.39 is 5.97 Å². The predicted octanol–water partition coefficient (Wildman–Crippen LogP) is 1.52. The Morgan fingerprint density at radius 3 is 3.06 bits per heavy atom. The fourth-order valence-electron chi connectivity index (χ4n) is 2.83. The first kappa shape index (κ1) is 11.5. The van der Waals surface area contributed by atoms with Crippen LogP contribution in [0.4, 0.5) is 6.01 Å². The summed E-state index contributed by atoms with van der Waals surface area (Å²) in [6, 6.07) is 0.681. The van der Waals surface area contributed by atoms with Crippen molar-refractivity contribution < 1.29 is 19.1 Å². The zero-order chi connectivity index (χ0) is 12.5. The van der Waals surface area contributed by atoms with Crippen LogP contribution in [0.1, 0.15) is 36.2 Å². The number of ether oxygens (including phenoxy) is 1. The van der Waals surface area contributed by atoms with E-state index in [0.29, 0.717) is 19.2 Å². The van der Waals surface area contributed by atoms with Gasteiger partial charge >= 0.3 is 5.97 Å². The van der Waals surface area contributed by atoms with Gasteiger partial charge in [-0.05, 0) is 12.8 Å². The number of nitrogens with zero attached hydrogens (tertiary/aromatic N) is 2. The van der Waals surface area contributed by atoms with Crippen molar-refractivity contribution in [3.8, 4) is 0 Å². The first-order valence-corrected chi connectivity index (χ1v) is 6.33. The number of hydrogen-bond donors (Lipinski definition) is 1. The topological polar surface area (TPSA) is 75.8 Å². The molecular formula is C12H16N2O4. The molecule has 0 radical (unpaired) electrons. The van der Waals surface area contributed by atoms with Crippen LogP contribution < -0.4 is 4.90 Å². The average Bonchev–Trinajstić information content (AvgIpc) is 2.87. The van der Waals surface area contributed by atoms with Crippen LogP contribution in [0.3, 0.4) is 0 Å². The van der Waals surface area contributed by atoms with Gasteiger partial charge in [-0.15, -0.1) is 0 Å². The fourth-order valence-corrected chi connectivity index (χ4v) is 2.83. The predicted molar refractivity (Wildman–Crippen MR) is 62.8 cm³/mol. The zero-order valence-corrected chi connectivity index (χ0v) is 10.0. The highest BCUT2D eigenvalue weighted by molar-refractivity contribution is 5.85. The molecule has 1 aliphatic heterocycles. The second kappa shape index (κ2) is 4.61. The van der Waals surface area contributed by atoms with Gasteiger partial charge in [0.05, 0.1) is 18.8 Å². The Balaban J connectivity index is 1.82. The Labute approximate surface area is 105 Å². The van der Waals surface area contributed by atoms with E-state index in [4.69, 9.17) is 14.3 Å². The lowest BCUT2D eigenvalue weighted by atomic mass is 9.90. The maximum absolute atomic E-state index is 10.8. The maximum Gasteiger partial charge on any atom is 0.357 e. The Hall–Kier alpha value is -1.56. The Morgan fingerprint density at radius 2 is 2.28 bits per heavy atom. The third-order valence-electron chi connectivity index (χ3n) is 3.69. The molecule has 6 heteroatoms. The highest BCUT2D eigenvalue weighted by Gasteiger charge is 2.36. The molecule has 2 heterocycles. The van der Waals surface area contributed by atoms with Crippen molar-refractivity contribution in [2.75, 3.05) is 18.1 Å². The molecule has 98 valence electrons. The normalized spacial score (nSPS) is 27.9. The van der Waals surface area contributed by atoms with Crippen LogP contribution in [0, 0.1) is 0 Å². The summed E-state index contributed by atoms with van der Waals surface area (Å²) in [5.41, 5.74) is -0.0381. The van der Waals surface area contributed by atoms with Crippen molar-refractivity contribution in [2.24, 2.45) is 0 Å². The fraction of sp³-hybridized carbons (Fsp3) is 0.667. The molecule has 2 atom stereocenters. The van der Waals surface area contributed by atoms with Gasteiger partial charge in [0.25, 0.3) is 6.01 Å². The second-order valence-electron chi connectivity index (χ2n) is 4.77. The molecule has 1 aliphatic carbocycles. The standard InChI is InChI=1S/C12H16N2O4/c15-11(16)8-7-18-12(13-8)14-5-6-17-10-4-2-1-3-9(10)14/h7,9-10H,1-6H2,(H,15,16). The lowest BCUT2D eigenvalue weighted by Gasteiger charge is -2.42. The number of rotatable bonds is 2. The number of aromatic nitrogens is 1. The average molecular weight is 252 g/mol. The molecule has 0 spiro atoms. The number of morpholine rings is 1. The van der Waals surface area contributed by atoms with Crippen LogP contribution in [-0.2, 0) is 4.74 Å². The summed E-state index contributed by atoms with van der Waals surface area (Å²) < 4.78 is 11.1. The van der Waals surface area contributed by atoms with Gasteiger partial charge in [0.15, 0.2) is 5.69 Å². The van der Waals surface area contributed by atoms with Crippen molar-refractivity contribution in [3.63, 3.8) is 0 Å².